The molecule has 1 aromatic carbocycles. The maximum absolute atomic E-state index is 11.8. The van der Waals surface area contributed by atoms with Crippen LogP contribution < -0.4 is 5.32 Å². The Bertz CT molecular complexity index is 430. The van der Waals surface area contributed by atoms with Gasteiger partial charge in [-0.05, 0) is 36.6 Å². The van der Waals surface area contributed by atoms with Crippen LogP contribution in [0.1, 0.15) is 41.1 Å². The van der Waals surface area contributed by atoms with E-state index >= 15 is 0 Å². The summed E-state index contributed by atoms with van der Waals surface area (Å²) in [5, 5.41) is 3.10. The van der Waals surface area contributed by atoms with Gasteiger partial charge in [0.25, 0.3) is 5.91 Å². The first-order valence-corrected chi connectivity index (χ1v) is 6.15. The fourth-order valence-electron chi connectivity index (χ4n) is 2.80. The maximum Gasteiger partial charge on any atom is 0.251 e. The van der Waals surface area contributed by atoms with Gasteiger partial charge >= 0.3 is 0 Å². The maximum atomic E-state index is 11.8. The molecule has 1 saturated carbocycles. The van der Waals surface area contributed by atoms with E-state index in [2.05, 4.69) is 27.3 Å². The second-order valence-corrected chi connectivity index (χ2v) is 5.26. The molecule has 2 nitrogen and oxygen atoms in total. The zero-order chi connectivity index (χ0) is 10.4. The quantitative estimate of drug-likeness (QED) is 0.768. The van der Waals surface area contributed by atoms with Crippen molar-refractivity contribution in [2.45, 2.75) is 31.2 Å². The zero-order valence-corrected chi connectivity index (χ0v) is 9.88. The topological polar surface area (TPSA) is 29.1 Å². The average molecular weight is 266 g/mol. The molecule has 2 atom stereocenters. The molecule has 0 aromatic heterocycles. The molecule has 1 fully saturated rings. The Labute approximate surface area is 97.2 Å². The number of nitrogens with one attached hydrogen (secondary N) is 1. The van der Waals surface area contributed by atoms with Crippen LogP contribution >= 0.6 is 15.9 Å². The largest absolute Gasteiger partial charge is 0.349 e. The predicted molar refractivity (Wildman–Crippen MR) is 62.0 cm³/mol. The van der Waals surface area contributed by atoms with Gasteiger partial charge in [0.15, 0.2) is 0 Å². The molecule has 1 amide bonds. The first kappa shape index (κ1) is 9.40. The highest BCUT2D eigenvalue weighted by Crippen LogP contribution is 2.40. The monoisotopic (exact) mass is 265 g/mol. The summed E-state index contributed by atoms with van der Waals surface area (Å²) in [5.41, 5.74) is 2.09. The van der Waals surface area contributed by atoms with E-state index in [-0.39, 0.29) is 5.91 Å². The molecule has 0 bridgehead atoms. The van der Waals surface area contributed by atoms with Crippen molar-refractivity contribution in [2.24, 2.45) is 0 Å². The fourth-order valence-corrected chi connectivity index (χ4v) is 3.18. The molecule has 1 aliphatic heterocycles. The van der Waals surface area contributed by atoms with Gasteiger partial charge in [-0.25, -0.2) is 0 Å². The van der Waals surface area contributed by atoms with Crippen LogP contribution in [0.15, 0.2) is 22.7 Å². The minimum absolute atomic E-state index is 0.0978. The predicted octanol–water partition coefficient (Wildman–Crippen LogP) is 2.83. The van der Waals surface area contributed by atoms with E-state index in [9.17, 15) is 4.79 Å². The Balaban J connectivity index is 2.15. The second-order valence-electron chi connectivity index (χ2n) is 4.35. The summed E-state index contributed by atoms with van der Waals surface area (Å²) in [6.45, 7) is 0. The molecule has 0 radical (unpaired) electrons. The third-order valence-corrected chi connectivity index (χ3v) is 3.98. The van der Waals surface area contributed by atoms with Gasteiger partial charge in [0.2, 0.25) is 0 Å². The smallest absolute Gasteiger partial charge is 0.251 e. The van der Waals surface area contributed by atoms with Crippen LogP contribution in [0.4, 0.5) is 0 Å². The van der Waals surface area contributed by atoms with Crippen LogP contribution in [0.25, 0.3) is 0 Å². The standard InChI is InChI=1S/C12H12BrNO/c13-7-4-5-9-10(6-7)8-2-1-3-11(8)14-12(9)15/h4-6,8,11H,1-3H2,(H,14,15)/t8-,11-/m0/s1. The van der Waals surface area contributed by atoms with Gasteiger partial charge in [-0.1, -0.05) is 22.4 Å². The molecule has 1 N–H and O–H groups in total. The lowest BCUT2D eigenvalue weighted by Gasteiger charge is -2.29. The van der Waals surface area contributed by atoms with Gasteiger partial charge in [-0.3, -0.25) is 4.79 Å². The normalized spacial score (nSPS) is 28.2. The molecule has 1 aromatic rings. The van der Waals surface area contributed by atoms with E-state index in [0.29, 0.717) is 12.0 Å². The molecule has 2 aliphatic rings. The SMILES string of the molecule is O=C1N[C@H]2CCC[C@H]2c2cc(Br)ccc21. The number of carbonyl (C=O) groups is 1. The lowest BCUT2D eigenvalue weighted by Crippen LogP contribution is -2.41. The summed E-state index contributed by atoms with van der Waals surface area (Å²) < 4.78 is 1.07. The van der Waals surface area contributed by atoms with Crippen LogP contribution in [0, 0.1) is 0 Å². The Morgan fingerprint density at radius 2 is 2.20 bits per heavy atom. The minimum Gasteiger partial charge on any atom is -0.349 e. The summed E-state index contributed by atoms with van der Waals surface area (Å²) in [4.78, 5) is 11.8. The van der Waals surface area contributed by atoms with Crippen LogP contribution in [0.5, 0.6) is 0 Å². The zero-order valence-electron chi connectivity index (χ0n) is 8.29. The number of hydrogen-bond donors (Lipinski definition) is 1. The second kappa shape index (κ2) is 3.34. The number of halogens is 1. The van der Waals surface area contributed by atoms with Crippen molar-refractivity contribution in [3.8, 4) is 0 Å². The van der Waals surface area contributed by atoms with Crippen molar-refractivity contribution in [1.29, 1.82) is 0 Å². The Morgan fingerprint density at radius 3 is 3.07 bits per heavy atom. The van der Waals surface area contributed by atoms with Crippen molar-refractivity contribution >= 4 is 21.8 Å². The first-order valence-electron chi connectivity index (χ1n) is 5.36. The van der Waals surface area contributed by atoms with Gasteiger partial charge in [0.05, 0.1) is 0 Å². The first-order chi connectivity index (χ1) is 7.25. The number of fused-ring (bicyclic) bond motifs is 3. The van der Waals surface area contributed by atoms with Crippen LogP contribution in [0.3, 0.4) is 0 Å². The summed E-state index contributed by atoms with van der Waals surface area (Å²) in [6, 6.07) is 6.34. The molecule has 1 heterocycles. The van der Waals surface area contributed by atoms with Crippen LogP contribution in [0.2, 0.25) is 0 Å². The molecule has 3 rings (SSSR count). The average Bonchev–Trinajstić information content (AvgIpc) is 2.65. The number of hydrogen-bond acceptors (Lipinski definition) is 1. The Morgan fingerprint density at radius 1 is 1.33 bits per heavy atom. The lowest BCUT2D eigenvalue weighted by molar-refractivity contribution is 0.0920. The summed E-state index contributed by atoms with van der Waals surface area (Å²) in [7, 11) is 0. The van der Waals surface area contributed by atoms with E-state index in [0.717, 1.165) is 16.5 Å². The Hall–Kier alpha value is -0.830. The Kier molecular flexibility index (Phi) is 2.09. The minimum atomic E-state index is 0.0978. The van der Waals surface area contributed by atoms with E-state index in [1.807, 2.05) is 12.1 Å². The van der Waals surface area contributed by atoms with Gasteiger partial charge < -0.3 is 5.32 Å². The van der Waals surface area contributed by atoms with Crippen molar-refractivity contribution in [3.05, 3.63) is 33.8 Å². The summed E-state index contributed by atoms with van der Waals surface area (Å²) >= 11 is 3.48. The summed E-state index contributed by atoms with van der Waals surface area (Å²) in [5.74, 6) is 0.635. The highest BCUT2D eigenvalue weighted by Gasteiger charge is 2.36. The number of carbonyl (C=O) groups excluding carboxylic acids is 1. The van der Waals surface area contributed by atoms with Crippen molar-refractivity contribution in [3.63, 3.8) is 0 Å². The molecular formula is C12H12BrNO. The molecule has 0 unspecified atom stereocenters. The summed E-state index contributed by atoms with van der Waals surface area (Å²) in [6.07, 6.45) is 3.55. The molecule has 0 spiro atoms. The number of rotatable bonds is 0. The van der Waals surface area contributed by atoms with Crippen molar-refractivity contribution in [1.82, 2.24) is 5.32 Å². The van der Waals surface area contributed by atoms with E-state index in [1.165, 1.54) is 18.4 Å². The van der Waals surface area contributed by atoms with Crippen molar-refractivity contribution in [2.75, 3.05) is 0 Å². The van der Waals surface area contributed by atoms with Crippen LogP contribution in [-0.4, -0.2) is 11.9 Å². The van der Waals surface area contributed by atoms with E-state index in [1.54, 1.807) is 0 Å². The van der Waals surface area contributed by atoms with Gasteiger partial charge in [0.1, 0.15) is 0 Å². The third kappa shape index (κ3) is 1.41. The number of benzene rings is 1. The van der Waals surface area contributed by atoms with Crippen molar-refractivity contribution < 1.29 is 4.79 Å². The molecule has 0 saturated heterocycles. The van der Waals surface area contributed by atoms with Gasteiger partial charge in [0, 0.05) is 22.0 Å². The molecular weight excluding hydrogens is 254 g/mol. The van der Waals surface area contributed by atoms with Gasteiger partial charge in [-0.15, -0.1) is 0 Å². The fraction of sp³-hybridized carbons (Fsp3) is 0.417. The number of amides is 1. The highest BCUT2D eigenvalue weighted by molar-refractivity contribution is 9.10. The molecule has 1 aliphatic carbocycles. The molecule has 78 valence electrons. The van der Waals surface area contributed by atoms with E-state index in [4.69, 9.17) is 0 Å². The molecule has 15 heavy (non-hydrogen) atoms. The lowest BCUT2D eigenvalue weighted by atomic mass is 9.86. The van der Waals surface area contributed by atoms with Crippen LogP contribution in [-0.2, 0) is 0 Å². The molecule has 3 heteroatoms. The highest BCUT2D eigenvalue weighted by atomic mass is 79.9. The van der Waals surface area contributed by atoms with E-state index < -0.39 is 0 Å². The van der Waals surface area contributed by atoms with Gasteiger partial charge in [-0.2, -0.15) is 0 Å². The third-order valence-electron chi connectivity index (χ3n) is 3.49.